The van der Waals surface area contributed by atoms with Gasteiger partial charge in [0, 0.05) is 4.88 Å². The van der Waals surface area contributed by atoms with Crippen molar-refractivity contribution >= 4 is 22.4 Å². The van der Waals surface area contributed by atoms with Crippen molar-refractivity contribution < 1.29 is 4.79 Å². The Bertz CT molecular complexity index is 456. The number of aryl methyl sites for hydroxylation is 2. The van der Waals surface area contributed by atoms with Crippen LogP contribution in [0.5, 0.6) is 0 Å². The van der Waals surface area contributed by atoms with Crippen LogP contribution in [0, 0.1) is 0 Å². The van der Waals surface area contributed by atoms with Gasteiger partial charge in [0.1, 0.15) is 0 Å². The quantitative estimate of drug-likeness (QED) is 0.890. The maximum absolute atomic E-state index is 12.5. The molecule has 4 nitrogen and oxygen atoms in total. The summed E-state index contributed by atoms with van der Waals surface area (Å²) < 4.78 is 0. The number of nitrogens with zero attached hydrogens (tertiary/aromatic N) is 1. The summed E-state index contributed by atoms with van der Waals surface area (Å²) in [5, 5.41) is 7.24. The van der Waals surface area contributed by atoms with Gasteiger partial charge in [-0.1, -0.05) is 13.3 Å². The Morgan fingerprint density at radius 2 is 2.37 bits per heavy atom. The standard InChI is InChI=1S/C14H21N3OS/c1-2-7-14(8-4-9-15-14)12(18)17-13-16-10-5-3-6-11(10)19-13/h15H,2-9H2,1H3,(H,16,17,18). The van der Waals surface area contributed by atoms with E-state index in [2.05, 4.69) is 22.5 Å². The summed E-state index contributed by atoms with van der Waals surface area (Å²) in [6.45, 7) is 3.08. The van der Waals surface area contributed by atoms with E-state index in [1.54, 1.807) is 11.3 Å². The van der Waals surface area contributed by atoms with Gasteiger partial charge < -0.3 is 10.6 Å². The lowest BCUT2D eigenvalue weighted by Crippen LogP contribution is -2.50. The fourth-order valence-corrected chi connectivity index (χ4v) is 4.26. The Morgan fingerprint density at radius 1 is 1.47 bits per heavy atom. The average Bonchev–Trinajstić information content (AvgIpc) is 3.04. The lowest BCUT2D eigenvalue weighted by atomic mass is 9.91. The fourth-order valence-electron chi connectivity index (χ4n) is 3.21. The van der Waals surface area contributed by atoms with Gasteiger partial charge in [-0.3, -0.25) is 4.79 Å². The topological polar surface area (TPSA) is 54.0 Å². The number of fused-ring (bicyclic) bond motifs is 1. The minimum atomic E-state index is -0.356. The summed E-state index contributed by atoms with van der Waals surface area (Å²) in [6, 6.07) is 0. The molecule has 1 unspecified atom stereocenters. The van der Waals surface area contributed by atoms with Gasteiger partial charge in [-0.25, -0.2) is 4.98 Å². The molecule has 2 heterocycles. The molecule has 1 aliphatic heterocycles. The second-order valence-corrected chi connectivity index (χ2v) is 6.64. The molecule has 2 N–H and O–H groups in total. The van der Waals surface area contributed by atoms with E-state index in [9.17, 15) is 4.79 Å². The number of aromatic nitrogens is 1. The fraction of sp³-hybridized carbons (Fsp3) is 0.714. The molecular formula is C14H21N3OS. The zero-order chi connectivity index (χ0) is 13.3. The van der Waals surface area contributed by atoms with Gasteiger partial charge in [-0.2, -0.15) is 0 Å². The number of hydrogen-bond donors (Lipinski definition) is 2. The van der Waals surface area contributed by atoms with Gasteiger partial charge in [0.2, 0.25) is 5.91 Å². The second kappa shape index (κ2) is 5.21. The molecule has 3 rings (SSSR count). The van der Waals surface area contributed by atoms with Crippen molar-refractivity contribution in [3.05, 3.63) is 10.6 Å². The normalized spacial score (nSPS) is 25.5. The van der Waals surface area contributed by atoms with Crippen molar-refractivity contribution in [2.75, 3.05) is 11.9 Å². The van der Waals surface area contributed by atoms with Gasteiger partial charge in [0.15, 0.2) is 5.13 Å². The van der Waals surface area contributed by atoms with Crippen LogP contribution in [0.4, 0.5) is 5.13 Å². The third kappa shape index (κ3) is 2.41. The minimum Gasteiger partial charge on any atom is -0.303 e. The van der Waals surface area contributed by atoms with Crippen LogP contribution in [0.2, 0.25) is 0 Å². The number of amides is 1. The number of nitrogens with one attached hydrogen (secondary N) is 2. The molecule has 5 heteroatoms. The molecule has 1 fully saturated rings. The number of carbonyl (C=O) groups is 1. The first-order valence-electron chi connectivity index (χ1n) is 7.28. The molecule has 0 aromatic carbocycles. The highest BCUT2D eigenvalue weighted by molar-refractivity contribution is 7.15. The van der Waals surface area contributed by atoms with E-state index < -0.39 is 0 Å². The van der Waals surface area contributed by atoms with Crippen molar-refractivity contribution in [3.8, 4) is 0 Å². The lowest BCUT2D eigenvalue weighted by Gasteiger charge is -2.27. The highest BCUT2D eigenvalue weighted by atomic mass is 32.1. The molecule has 1 aromatic heterocycles. The summed E-state index contributed by atoms with van der Waals surface area (Å²) in [7, 11) is 0. The Labute approximate surface area is 118 Å². The maximum Gasteiger partial charge on any atom is 0.246 e. The largest absolute Gasteiger partial charge is 0.303 e. The summed E-state index contributed by atoms with van der Waals surface area (Å²) in [5.41, 5.74) is 0.842. The van der Waals surface area contributed by atoms with E-state index in [1.807, 2.05) is 0 Å². The number of rotatable bonds is 4. The molecule has 0 saturated carbocycles. The number of hydrogen-bond acceptors (Lipinski definition) is 4. The third-order valence-corrected chi connectivity index (χ3v) is 5.24. The average molecular weight is 279 g/mol. The molecule has 0 spiro atoms. The third-order valence-electron chi connectivity index (χ3n) is 4.17. The molecule has 1 saturated heterocycles. The molecule has 1 atom stereocenters. The van der Waals surface area contributed by atoms with Crippen LogP contribution < -0.4 is 10.6 Å². The molecule has 2 aliphatic rings. The van der Waals surface area contributed by atoms with E-state index in [4.69, 9.17) is 0 Å². The minimum absolute atomic E-state index is 0.110. The summed E-state index contributed by atoms with van der Waals surface area (Å²) in [6.07, 6.45) is 7.36. The molecular weight excluding hydrogens is 258 g/mol. The van der Waals surface area contributed by atoms with Gasteiger partial charge in [-0.05, 0) is 45.1 Å². The zero-order valence-corrected chi connectivity index (χ0v) is 12.2. The Morgan fingerprint density at radius 3 is 3.05 bits per heavy atom. The van der Waals surface area contributed by atoms with Gasteiger partial charge in [0.05, 0.1) is 11.2 Å². The predicted molar refractivity (Wildman–Crippen MR) is 77.6 cm³/mol. The van der Waals surface area contributed by atoms with Gasteiger partial charge in [-0.15, -0.1) is 11.3 Å². The number of carbonyl (C=O) groups excluding carboxylic acids is 1. The van der Waals surface area contributed by atoms with Crippen LogP contribution in [0.3, 0.4) is 0 Å². The zero-order valence-electron chi connectivity index (χ0n) is 11.4. The SMILES string of the molecule is CCCC1(C(=O)Nc2nc3c(s2)CCC3)CCCN1. The van der Waals surface area contributed by atoms with E-state index in [1.165, 1.54) is 17.0 Å². The van der Waals surface area contributed by atoms with Crippen LogP contribution >= 0.6 is 11.3 Å². The molecule has 1 amide bonds. The first-order valence-corrected chi connectivity index (χ1v) is 8.10. The van der Waals surface area contributed by atoms with Crippen molar-refractivity contribution in [1.82, 2.24) is 10.3 Å². The predicted octanol–water partition coefficient (Wildman–Crippen LogP) is 2.49. The monoisotopic (exact) mass is 279 g/mol. The smallest absolute Gasteiger partial charge is 0.246 e. The van der Waals surface area contributed by atoms with E-state index >= 15 is 0 Å². The van der Waals surface area contributed by atoms with Crippen molar-refractivity contribution in [2.45, 2.75) is 57.4 Å². The summed E-state index contributed by atoms with van der Waals surface area (Å²) in [5.74, 6) is 0.110. The van der Waals surface area contributed by atoms with Crippen LogP contribution in [0.25, 0.3) is 0 Å². The van der Waals surface area contributed by atoms with E-state index in [0.717, 1.165) is 50.2 Å². The Kier molecular flexibility index (Phi) is 3.58. The Hall–Kier alpha value is -0.940. The molecule has 19 heavy (non-hydrogen) atoms. The first-order chi connectivity index (χ1) is 9.23. The molecule has 1 aromatic rings. The molecule has 104 valence electrons. The summed E-state index contributed by atoms with van der Waals surface area (Å²) in [4.78, 5) is 18.5. The lowest BCUT2D eigenvalue weighted by molar-refractivity contribution is -0.122. The second-order valence-electron chi connectivity index (χ2n) is 5.56. The van der Waals surface area contributed by atoms with Gasteiger partial charge in [0.25, 0.3) is 0 Å². The summed E-state index contributed by atoms with van der Waals surface area (Å²) >= 11 is 1.66. The van der Waals surface area contributed by atoms with Crippen LogP contribution in [-0.2, 0) is 17.6 Å². The molecule has 0 bridgehead atoms. The van der Waals surface area contributed by atoms with E-state index in [0.29, 0.717) is 0 Å². The highest BCUT2D eigenvalue weighted by Gasteiger charge is 2.40. The highest BCUT2D eigenvalue weighted by Crippen LogP contribution is 2.32. The van der Waals surface area contributed by atoms with E-state index in [-0.39, 0.29) is 11.4 Å². The van der Waals surface area contributed by atoms with Crippen LogP contribution in [-0.4, -0.2) is 23.0 Å². The number of anilines is 1. The molecule has 1 aliphatic carbocycles. The van der Waals surface area contributed by atoms with Crippen LogP contribution in [0.15, 0.2) is 0 Å². The van der Waals surface area contributed by atoms with Crippen LogP contribution in [0.1, 0.15) is 49.6 Å². The van der Waals surface area contributed by atoms with Crippen molar-refractivity contribution in [3.63, 3.8) is 0 Å². The van der Waals surface area contributed by atoms with Crippen molar-refractivity contribution in [2.24, 2.45) is 0 Å². The molecule has 0 radical (unpaired) electrons. The van der Waals surface area contributed by atoms with Gasteiger partial charge >= 0.3 is 0 Å². The number of thiazole rings is 1. The Balaban J connectivity index is 1.72. The maximum atomic E-state index is 12.5. The first kappa shape index (κ1) is 13.1. The van der Waals surface area contributed by atoms with Crippen molar-refractivity contribution in [1.29, 1.82) is 0 Å².